The van der Waals surface area contributed by atoms with Crippen molar-refractivity contribution in [3.8, 4) is 5.75 Å². The lowest BCUT2D eigenvalue weighted by Crippen LogP contribution is -2.61. The molecule has 0 spiro atoms. The van der Waals surface area contributed by atoms with Crippen molar-refractivity contribution in [1.82, 2.24) is 0 Å². The van der Waals surface area contributed by atoms with Gasteiger partial charge in [0.05, 0.1) is 18.6 Å². The summed E-state index contributed by atoms with van der Waals surface area (Å²) >= 11 is 0. The van der Waals surface area contributed by atoms with Crippen molar-refractivity contribution in [3.05, 3.63) is 60.2 Å². The molecule has 1 aliphatic rings. The van der Waals surface area contributed by atoms with E-state index in [4.69, 9.17) is 4.74 Å². The largest absolute Gasteiger partial charge is 0.497 e. The number of β-lactam (4-membered cyclic amide) rings is 1. The Labute approximate surface area is 125 Å². The number of anilines is 1. The molecule has 0 aliphatic carbocycles. The molecule has 1 aliphatic heterocycles. The minimum absolute atomic E-state index is 0.0691. The van der Waals surface area contributed by atoms with Gasteiger partial charge in [0.25, 0.3) is 0 Å². The van der Waals surface area contributed by atoms with Crippen molar-refractivity contribution in [2.45, 2.75) is 19.9 Å². The Morgan fingerprint density at radius 2 is 1.62 bits per heavy atom. The first-order chi connectivity index (χ1) is 10.1. The van der Waals surface area contributed by atoms with Crippen molar-refractivity contribution >= 4 is 11.6 Å². The summed E-state index contributed by atoms with van der Waals surface area (Å²) in [6, 6.07) is 17.9. The van der Waals surface area contributed by atoms with E-state index in [9.17, 15) is 4.79 Å². The first-order valence-electron chi connectivity index (χ1n) is 7.08. The standard InChI is InChI=1S/C18H19NO2/c1-18(2)16(13-7-5-4-6-8-13)19(17(18)20)14-9-11-15(21-3)12-10-14/h4-12,16H,1-3H3/t16-/m1/s1. The minimum Gasteiger partial charge on any atom is -0.497 e. The molecule has 0 N–H and O–H groups in total. The maximum atomic E-state index is 12.5. The van der Waals surface area contributed by atoms with E-state index in [1.165, 1.54) is 0 Å². The SMILES string of the molecule is COc1ccc(N2C(=O)C(C)(C)[C@H]2c2ccccc2)cc1. The topological polar surface area (TPSA) is 29.5 Å². The Balaban J connectivity index is 1.98. The molecule has 0 radical (unpaired) electrons. The van der Waals surface area contributed by atoms with Gasteiger partial charge < -0.3 is 9.64 Å². The van der Waals surface area contributed by atoms with Gasteiger partial charge >= 0.3 is 0 Å². The highest BCUT2D eigenvalue weighted by Gasteiger charge is 2.55. The molecule has 21 heavy (non-hydrogen) atoms. The van der Waals surface area contributed by atoms with Crippen LogP contribution in [0.25, 0.3) is 0 Å². The molecule has 0 bridgehead atoms. The van der Waals surface area contributed by atoms with Crippen LogP contribution in [0.2, 0.25) is 0 Å². The van der Waals surface area contributed by atoms with Crippen LogP contribution in [0.3, 0.4) is 0 Å². The second kappa shape index (κ2) is 4.92. The van der Waals surface area contributed by atoms with Crippen LogP contribution in [0.5, 0.6) is 5.75 Å². The second-order valence-corrected chi connectivity index (χ2v) is 5.91. The van der Waals surface area contributed by atoms with E-state index in [1.54, 1.807) is 7.11 Å². The Kier molecular flexibility index (Phi) is 3.20. The normalized spacial score (nSPS) is 20.0. The Bertz CT molecular complexity index is 647. The number of hydrogen-bond acceptors (Lipinski definition) is 2. The number of methoxy groups -OCH3 is 1. The van der Waals surface area contributed by atoms with E-state index in [2.05, 4.69) is 12.1 Å². The van der Waals surface area contributed by atoms with Crippen LogP contribution >= 0.6 is 0 Å². The molecular formula is C18H19NO2. The van der Waals surface area contributed by atoms with Gasteiger partial charge in [-0.25, -0.2) is 0 Å². The van der Waals surface area contributed by atoms with Gasteiger partial charge in [-0.1, -0.05) is 30.3 Å². The zero-order valence-corrected chi connectivity index (χ0v) is 12.5. The van der Waals surface area contributed by atoms with Crippen molar-refractivity contribution in [2.24, 2.45) is 5.41 Å². The third-order valence-corrected chi connectivity index (χ3v) is 4.18. The molecule has 1 fully saturated rings. The molecule has 2 aromatic carbocycles. The van der Waals surface area contributed by atoms with Gasteiger partial charge in [-0.3, -0.25) is 4.79 Å². The molecule has 1 atom stereocenters. The molecule has 3 nitrogen and oxygen atoms in total. The molecular weight excluding hydrogens is 262 g/mol. The highest BCUT2D eigenvalue weighted by molar-refractivity contribution is 6.05. The molecule has 1 saturated heterocycles. The van der Waals surface area contributed by atoms with E-state index >= 15 is 0 Å². The Morgan fingerprint density at radius 1 is 1.00 bits per heavy atom. The van der Waals surface area contributed by atoms with Gasteiger partial charge in [-0.05, 0) is 43.7 Å². The van der Waals surface area contributed by atoms with Gasteiger partial charge in [0.2, 0.25) is 5.91 Å². The summed E-state index contributed by atoms with van der Waals surface area (Å²) in [5.74, 6) is 0.948. The number of amides is 1. The predicted octanol–water partition coefficient (Wildman–Crippen LogP) is 3.81. The first kappa shape index (κ1) is 13.7. The van der Waals surface area contributed by atoms with Crippen LogP contribution in [0, 0.1) is 5.41 Å². The maximum Gasteiger partial charge on any atom is 0.235 e. The van der Waals surface area contributed by atoms with E-state index in [0.29, 0.717) is 0 Å². The van der Waals surface area contributed by atoms with E-state index < -0.39 is 0 Å². The number of benzene rings is 2. The van der Waals surface area contributed by atoms with Gasteiger partial charge in [0.15, 0.2) is 0 Å². The fourth-order valence-electron chi connectivity index (χ4n) is 3.01. The third-order valence-electron chi connectivity index (χ3n) is 4.18. The number of rotatable bonds is 3. The molecule has 3 rings (SSSR count). The summed E-state index contributed by atoms with van der Waals surface area (Å²) in [5.41, 5.74) is 1.70. The van der Waals surface area contributed by atoms with Crippen LogP contribution in [-0.4, -0.2) is 13.0 Å². The van der Waals surface area contributed by atoms with Crippen LogP contribution in [0.15, 0.2) is 54.6 Å². The summed E-state index contributed by atoms with van der Waals surface area (Å²) in [6.07, 6.45) is 0. The average Bonchev–Trinajstić information content (AvgIpc) is 2.52. The molecule has 1 heterocycles. The third kappa shape index (κ3) is 2.09. The summed E-state index contributed by atoms with van der Waals surface area (Å²) in [6.45, 7) is 4.01. The molecule has 2 aromatic rings. The van der Waals surface area contributed by atoms with Gasteiger partial charge in [-0.2, -0.15) is 0 Å². The fourth-order valence-corrected chi connectivity index (χ4v) is 3.01. The smallest absolute Gasteiger partial charge is 0.235 e. The van der Waals surface area contributed by atoms with Crippen LogP contribution in [0.4, 0.5) is 5.69 Å². The highest BCUT2D eigenvalue weighted by Crippen LogP contribution is 2.51. The van der Waals surface area contributed by atoms with E-state index in [1.807, 2.05) is 61.2 Å². The Morgan fingerprint density at radius 3 is 2.19 bits per heavy atom. The summed E-state index contributed by atoms with van der Waals surface area (Å²) in [7, 11) is 1.64. The van der Waals surface area contributed by atoms with Crippen molar-refractivity contribution < 1.29 is 9.53 Å². The van der Waals surface area contributed by atoms with Crippen LogP contribution in [-0.2, 0) is 4.79 Å². The molecule has 3 heteroatoms. The summed E-state index contributed by atoms with van der Waals surface area (Å²) in [4.78, 5) is 14.4. The van der Waals surface area contributed by atoms with Gasteiger partial charge in [-0.15, -0.1) is 0 Å². The quantitative estimate of drug-likeness (QED) is 0.801. The van der Waals surface area contributed by atoms with Crippen molar-refractivity contribution in [2.75, 3.05) is 12.0 Å². The summed E-state index contributed by atoms with van der Waals surface area (Å²) in [5, 5.41) is 0. The summed E-state index contributed by atoms with van der Waals surface area (Å²) < 4.78 is 5.18. The maximum absolute atomic E-state index is 12.5. The number of ether oxygens (including phenoxy) is 1. The van der Waals surface area contributed by atoms with E-state index in [0.717, 1.165) is 17.0 Å². The number of hydrogen-bond donors (Lipinski definition) is 0. The van der Waals surface area contributed by atoms with Crippen LogP contribution in [0.1, 0.15) is 25.5 Å². The number of carbonyl (C=O) groups excluding carboxylic acids is 1. The first-order valence-corrected chi connectivity index (χ1v) is 7.08. The second-order valence-electron chi connectivity index (χ2n) is 5.91. The predicted molar refractivity (Wildman–Crippen MR) is 83.4 cm³/mol. The van der Waals surface area contributed by atoms with E-state index in [-0.39, 0.29) is 17.4 Å². The number of nitrogens with zero attached hydrogens (tertiary/aromatic N) is 1. The average molecular weight is 281 g/mol. The monoisotopic (exact) mass is 281 g/mol. The van der Waals surface area contributed by atoms with Gasteiger partial charge in [0, 0.05) is 5.69 Å². The zero-order chi connectivity index (χ0) is 15.0. The number of carbonyl (C=O) groups is 1. The Hall–Kier alpha value is -2.29. The molecule has 0 saturated carbocycles. The van der Waals surface area contributed by atoms with Crippen molar-refractivity contribution in [3.63, 3.8) is 0 Å². The van der Waals surface area contributed by atoms with Crippen molar-refractivity contribution in [1.29, 1.82) is 0 Å². The zero-order valence-electron chi connectivity index (χ0n) is 12.5. The lowest BCUT2D eigenvalue weighted by Gasteiger charge is -2.53. The molecule has 108 valence electrons. The lowest BCUT2D eigenvalue weighted by molar-refractivity contribution is -0.137. The fraction of sp³-hybridized carbons (Fsp3) is 0.278. The molecule has 1 amide bonds. The molecule has 0 aromatic heterocycles. The highest BCUT2D eigenvalue weighted by atomic mass is 16.5. The molecule has 0 unspecified atom stereocenters. The van der Waals surface area contributed by atoms with Gasteiger partial charge in [0.1, 0.15) is 5.75 Å². The van der Waals surface area contributed by atoms with Crippen LogP contribution < -0.4 is 9.64 Å². The minimum atomic E-state index is -0.374. The lowest BCUT2D eigenvalue weighted by atomic mass is 9.70.